The third-order valence-corrected chi connectivity index (χ3v) is 3.93. The highest BCUT2D eigenvalue weighted by atomic mass is 32.1. The molecule has 0 amide bonds. The van der Waals surface area contributed by atoms with E-state index >= 15 is 0 Å². The quantitative estimate of drug-likeness (QED) is 0.715. The molecule has 0 atom stereocenters. The summed E-state index contributed by atoms with van der Waals surface area (Å²) < 4.78 is 0. The Kier molecular flexibility index (Phi) is 2.92. The van der Waals surface area contributed by atoms with Crippen LogP contribution in [0.1, 0.15) is 31.2 Å². The van der Waals surface area contributed by atoms with E-state index in [1.54, 1.807) is 11.3 Å². The molecule has 0 spiro atoms. The monoisotopic (exact) mass is 230 g/mol. The molecule has 0 saturated carbocycles. The van der Waals surface area contributed by atoms with E-state index in [-0.39, 0.29) is 5.78 Å². The van der Waals surface area contributed by atoms with Crippen molar-refractivity contribution in [1.82, 2.24) is 0 Å². The van der Waals surface area contributed by atoms with Gasteiger partial charge in [-0.15, -0.1) is 11.3 Å². The molecule has 82 valence electrons. The first-order chi connectivity index (χ1) is 7.59. The van der Waals surface area contributed by atoms with Gasteiger partial charge >= 0.3 is 0 Å². The normalized spacial score (nSPS) is 10.4. The number of aryl methyl sites for hydroxylation is 3. The number of carbonyl (C=O) groups is 1. The molecule has 0 aliphatic carbocycles. The van der Waals surface area contributed by atoms with Crippen molar-refractivity contribution in [2.45, 2.75) is 20.8 Å². The van der Waals surface area contributed by atoms with Gasteiger partial charge in [0.2, 0.25) is 5.78 Å². The molecule has 1 nitrogen and oxygen atoms in total. The number of ketones is 1. The van der Waals surface area contributed by atoms with Gasteiger partial charge in [0.1, 0.15) is 0 Å². The lowest BCUT2D eigenvalue weighted by atomic mass is 10.0. The third-order valence-electron chi connectivity index (χ3n) is 2.78. The first kappa shape index (κ1) is 11.1. The fraction of sp³-hybridized carbons (Fsp3) is 0.214. The van der Waals surface area contributed by atoms with E-state index in [1.807, 2.05) is 44.2 Å². The van der Waals surface area contributed by atoms with Crippen LogP contribution in [0, 0.1) is 20.8 Å². The molecule has 0 bridgehead atoms. The van der Waals surface area contributed by atoms with E-state index in [4.69, 9.17) is 0 Å². The fourth-order valence-corrected chi connectivity index (χ4v) is 2.63. The molecule has 0 aliphatic rings. The molecule has 0 aliphatic heterocycles. The largest absolute Gasteiger partial charge is 0.288 e. The summed E-state index contributed by atoms with van der Waals surface area (Å²) in [6.45, 7) is 6.07. The Morgan fingerprint density at radius 3 is 2.31 bits per heavy atom. The zero-order valence-electron chi connectivity index (χ0n) is 9.70. The number of hydrogen-bond donors (Lipinski definition) is 0. The summed E-state index contributed by atoms with van der Waals surface area (Å²) in [5.41, 5.74) is 3.04. The highest BCUT2D eigenvalue weighted by Gasteiger charge is 2.14. The first-order valence-electron chi connectivity index (χ1n) is 5.27. The van der Waals surface area contributed by atoms with Crippen molar-refractivity contribution in [2.75, 3.05) is 0 Å². The van der Waals surface area contributed by atoms with Crippen LogP contribution in [0.15, 0.2) is 30.3 Å². The number of hydrogen-bond acceptors (Lipinski definition) is 2. The number of thiophene rings is 1. The van der Waals surface area contributed by atoms with Crippen molar-refractivity contribution < 1.29 is 4.79 Å². The summed E-state index contributed by atoms with van der Waals surface area (Å²) in [6, 6.07) is 9.71. The molecular weight excluding hydrogens is 216 g/mol. The topological polar surface area (TPSA) is 17.1 Å². The zero-order valence-corrected chi connectivity index (χ0v) is 10.5. The van der Waals surface area contributed by atoms with Crippen LogP contribution in [0.4, 0.5) is 0 Å². The lowest BCUT2D eigenvalue weighted by molar-refractivity contribution is 0.104. The smallest absolute Gasteiger partial charge is 0.203 e. The maximum Gasteiger partial charge on any atom is 0.203 e. The maximum absolute atomic E-state index is 12.2. The molecule has 0 unspecified atom stereocenters. The Morgan fingerprint density at radius 2 is 1.75 bits per heavy atom. The maximum atomic E-state index is 12.2. The van der Waals surface area contributed by atoms with E-state index < -0.39 is 0 Å². The van der Waals surface area contributed by atoms with Crippen molar-refractivity contribution >= 4 is 17.1 Å². The SMILES string of the molecule is Cc1ccccc1C(=O)c1cc(C)c(C)s1. The van der Waals surface area contributed by atoms with Crippen LogP contribution in [0.5, 0.6) is 0 Å². The second-order valence-corrected chi connectivity index (χ2v) is 5.25. The van der Waals surface area contributed by atoms with Gasteiger partial charge in [-0.25, -0.2) is 0 Å². The standard InChI is InChI=1S/C14H14OS/c1-9-6-4-5-7-12(9)14(15)13-8-10(2)11(3)16-13/h4-8H,1-3H3. The highest BCUT2D eigenvalue weighted by molar-refractivity contribution is 7.14. The van der Waals surface area contributed by atoms with Gasteiger partial charge in [0, 0.05) is 10.4 Å². The van der Waals surface area contributed by atoms with Crippen molar-refractivity contribution in [1.29, 1.82) is 0 Å². The van der Waals surface area contributed by atoms with Crippen LogP contribution in [0.3, 0.4) is 0 Å². The van der Waals surface area contributed by atoms with Gasteiger partial charge in [0.05, 0.1) is 4.88 Å². The molecule has 1 aromatic heterocycles. The van der Waals surface area contributed by atoms with Gasteiger partial charge in [-0.1, -0.05) is 24.3 Å². The summed E-state index contributed by atoms with van der Waals surface area (Å²) >= 11 is 1.58. The molecule has 16 heavy (non-hydrogen) atoms. The summed E-state index contributed by atoms with van der Waals surface area (Å²) in [4.78, 5) is 14.3. The Balaban J connectivity index is 2.43. The molecule has 2 aromatic rings. The average molecular weight is 230 g/mol. The van der Waals surface area contributed by atoms with E-state index in [9.17, 15) is 4.79 Å². The molecule has 2 rings (SSSR count). The third kappa shape index (κ3) is 1.93. The van der Waals surface area contributed by atoms with Gasteiger partial charge in [-0.3, -0.25) is 4.79 Å². The zero-order chi connectivity index (χ0) is 11.7. The van der Waals surface area contributed by atoms with E-state index in [1.165, 1.54) is 10.4 Å². The minimum Gasteiger partial charge on any atom is -0.288 e. The highest BCUT2D eigenvalue weighted by Crippen LogP contribution is 2.24. The molecular formula is C14H14OS. The fourth-order valence-electron chi connectivity index (χ4n) is 1.65. The number of rotatable bonds is 2. The lowest BCUT2D eigenvalue weighted by Gasteiger charge is -2.01. The van der Waals surface area contributed by atoms with Crippen LogP contribution in [-0.2, 0) is 0 Å². The summed E-state index contributed by atoms with van der Waals surface area (Å²) in [5.74, 6) is 0.138. The van der Waals surface area contributed by atoms with E-state index in [2.05, 4.69) is 6.92 Å². The molecule has 2 heteroatoms. The average Bonchev–Trinajstić information content (AvgIpc) is 2.59. The molecule has 0 radical (unpaired) electrons. The minimum absolute atomic E-state index is 0.138. The summed E-state index contributed by atoms with van der Waals surface area (Å²) in [5, 5.41) is 0. The summed E-state index contributed by atoms with van der Waals surface area (Å²) in [6.07, 6.45) is 0. The van der Waals surface area contributed by atoms with Gasteiger partial charge < -0.3 is 0 Å². The van der Waals surface area contributed by atoms with Crippen molar-refractivity contribution in [2.24, 2.45) is 0 Å². The predicted octanol–water partition coefficient (Wildman–Crippen LogP) is 3.90. The van der Waals surface area contributed by atoms with Gasteiger partial charge in [-0.2, -0.15) is 0 Å². The first-order valence-corrected chi connectivity index (χ1v) is 6.08. The Morgan fingerprint density at radius 1 is 1.06 bits per heavy atom. The van der Waals surface area contributed by atoms with E-state index in [0.717, 1.165) is 16.0 Å². The van der Waals surface area contributed by atoms with Gasteiger partial charge in [-0.05, 0) is 38.0 Å². The van der Waals surface area contributed by atoms with Crippen molar-refractivity contribution in [3.8, 4) is 0 Å². The van der Waals surface area contributed by atoms with Crippen LogP contribution in [-0.4, -0.2) is 5.78 Å². The molecule has 1 heterocycles. The van der Waals surface area contributed by atoms with Crippen molar-refractivity contribution in [3.63, 3.8) is 0 Å². The van der Waals surface area contributed by atoms with E-state index in [0.29, 0.717) is 0 Å². The van der Waals surface area contributed by atoms with Crippen LogP contribution in [0.2, 0.25) is 0 Å². The van der Waals surface area contributed by atoms with Gasteiger partial charge in [0.15, 0.2) is 0 Å². The van der Waals surface area contributed by atoms with Crippen LogP contribution >= 0.6 is 11.3 Å². The van der Waals surface area contributed by atoms with Gasteiger partial charge in [0.25, 0.3) is 0 Å². The Bertz CT molecular complexity index is 518. The predicted molar refractivity (Wildman–Crippen MR) is 68.4 cm³/mol. The molecule has 0 N–H and O–H groups in total. The second kappa shape index (κ2) is 4.22. The number of carbonyl (C=O) groups excluding carboxylic acids is 1. The Hall–Kier alpha value is -1.41. The van der Waals surface area contributed by atoms with Crippen LogP contribution < -0.4 is 0 Å². The molecule has 1 aromatic carbocycles. The Labute approximate surface area is 99.8 Å². The summed E-state index contributed by atoms with van der Waals surface area (Å²) in [7, 11) is 0. The molecule has 0 saturated heterocycles. The van der Waals surface area contributed by atoms with Crippen LogP contribution in [0.25, 0.3) is 0 Å². The lowest BCUT2D eigenvalue weighted by Crippen LogP contribution is -2.00. The minimum atomic E-state index is 0.138. The number of benzene rings is 1. The second-order valence-electron chi connectivity index (χ2n) is 3.99. The molecule has 0 fully saturated rings. The van der Waals surface area contributed by atoms with Crippen molar-refractivity contribution in [3.05, 3.63) is 56.8 Å².